The molecule has 0 amide bonds. The van der Waals surface area contributed by atoms with E-state index in [0.29, 0.717) is 10.3 Å². The van der Waals surface area contributed by atoms with Gasteiger partial charge in [0.05, 0.1) is 11.4 Å². The Hall–Kier alpha value is -6.09. The van der Waals surface area contributed by atoms with Gasteiger partial charge in [-0.2, -0.15) is 0 Å². The van der Waals surface area contributed by atoms with E-state index in [1.54, 1.807) is 26.0 Å². The summed E-state index contributed by atoms with van der Waals surface area (Å²) in [5.41, 5.74) is 5.19. The number of hydrogen-bond acceptors (Lipinski definition) is 12. The van der Waals surface area contributed by atoms with Gasteiger partial charge < -0.3 is 30.0 Å². The first-order valence-electron chi connectivity index (χ1n) is 15.8. The molecule has 0 aliphatic heterocycles. The van der Waals surface area contributed by atoms with Crippen molar-refractivity contribution >= 4 is 67.3 Å². The summed E-state index contributed by atoms with van der Waals surface area (Å²) >= 11 is 2.76. The van der Waals surface area contributed by atoms with Crippen LogP contribution in [0.1, 0.15) is 22.3 Å². The summed E-state index contributed by atoms with van der Waals surface area (Å²) < 4.78 is 10.5. The van der Waals surface area contributed by atoms with Crippen molar-refractivity contribution in [1.29, 1.82) is 0 Å². The number of aryl methyl sites for hydroxylation is 2. The maximum Gasteiger partial charge on any atom is 2.00 e. The number of rotatable bonds is 6. The van der Waals surface area contributed by atoms with Gasteiger partial charge in [-0.05, 0) is 25.0 Å². The number of benzene rings is 4. The second-order valence-corrected chi connectivity index (χ2v) is 13.2. The van der Waals surface area contributed by atoms with Crippen molar-refractivity contribution < 1.29 is 46.5 Å². The molecular weight excluding hydrogens is 787 g/mol. The largest absolute Gasteiger partial charge is 2.00 e. The van der Waals surface area contributed by atoms with Crippen LogP contribution in [-0.4, -0.2) is 33.3 Å². The molecule has 0 fully saturated rings. The van der Waals surface area contributed by atoms with Crippen molar-refractivity contribution in [1.82, 2.24) is 9.97 Å². The molecule has 4 N–H and O–H groups in total. The van der Waals surface area contributed by atoms with Gasteiger partial charge >= 0.3 is 27.7 Å². The average Bonchev–Trinajstić information content (AvgIpc) is 3.82. The first-order chi connectivity index (χ1) is 25.2. The summed E-state index contributed by atoms with van der Waals surface area (Å²) in [6, 6.07) is 28.6. The third-order valence-electron chi connectivity index (χ3n) is 7.97. The van der Waals surface area contributed by atoms with Gasteiger partial charge in [0.2, 0.25) is 10.3 Å². The molecular formula is C40H30N4NiO8S2. The number of nitrogens with zero attached hydrogens (tertiary/aromatic N) is 4. The summed E-state index contributed by atoms with van der Waals surface area (Å²) in [5.74, 6) is -0.510. The molecule has 0 aliphatic carbocycles. The van der Waals surface area contributed by atoms with E-state index >= 15 is 0 Å². The summed E-state index contributed by atoms with van der Waals surface area (Å²) in [7, 11) is 0. The Labute approximate surface area is 331 Å². The zero-order valence-electron chi connectivity index (χ0n) is 28.9. The Morgan fingerprint density at radius 1 is 0.600 bits per heavy atom. The first-order valence-corrected chi connectivity index (χ1v) is 17.6. The normalized spacial score (nSPS) is 10.8. The minimum Gasteiger partial charge on any atom is -0.872 e. The number of aliphatic imine (C=N–C) groups is 2. The molecule has 280 valence electrons. The van der Waals surface area contributed by atoms with Gasteiger partial charge in [0.1, 0.15) is 11.2 Å². The third-order valence-corrected chi connectivity index (χ3v) is 9.46. The van der Waals surface area contributed by atoms with Crippen molar-refractivity contribution in [2.75, 3.05) is 0 Å². The Balaban J connectivity index is 0.000000232. The molecule has 0 radical (unpaired) electrons. The fraction of sp³-hybridized carbons (Fsp3) is 0.0500. The molecule has 0 saturated heterocycles. The van der Waals surface area contributed by atoms with Crippen LogP contribution in [0, 0.1) is 13.8 Å². The van der Waals surface area contributed by atoms with Crippen LogP contribution in [-0.2, 0) is 16.5 Å². The van der Waals surface area contributed by atoms with Crippen LogP contribution in [0.25, 0.3) is 44.5 Å². The standard InChI is InChI=1S/2C20H14N2O3S.Ni.2H2O/c2*1-12-9-18(24)25-19-14(12)7-8-17(23)15(19)10-21-20-22-16(11-26-20)13-5-3-2-4-6-13;;;/h2*2-11,23H,1H3;;2*1H2/q;;+2;;/p-2/b2*21-10-;;;. The molecule has 4 heterocycles. The second-order valence-electron chi connectivity index (χ2n) is 11.5. The molecule has 0 saturated carbocycles. The maximum absolute atomic E-state index is 12.2. The van der Waals surface area contributed by atoms with E-state index in [4.69, 9.17) is 8.83 Å². The van der Waals surface area contributed by atoms with Crippen molar-refractivity contribution in [3.8, 4) is 34.0 Å². The van der Waals surface area contributed by atoms with Crippen LogP contribution >= 0.6 is 22.7 Å². The molecule has 0 atom stereocenters. The van der Waals surface area contributed by atoms with E-state index < -0.39 is 11.3 Å². The number of hydrogen-bond donors (Lipinski definition) is 0. The topological polar surface area (TPSA) is 220 Å². The number of thiazole rings is 2. The van der Waals surface area contributed by atoms with Crippen LogP contribution in [0.2, 0.25) is 0 Å². The molecule has 12 nitrogen and oxygen atoms in total. The van der Waals surface area contributed by atoms with E-state index in [2.05, 4.69) is 20.0 Å². The smallest absolute Gasteiger partial charge is 0.872 e. The third kappa shape index (κ3) is 9.35. The monoisotopic (exact) mass is 816 g/mol. The van der Waals surface area contributed by atoms with Crippen LogP contribution in [0.4, 0.5) is 10.3 Å². The summed E-state index contributed by atoms with van der Waals surface area (Å²) in [6.45, 7) is 3.61. The predicted octanol–water partition coefficient (Wildman–Crippen LogP) is 6.45. The predicted molar refractivity (Wildman–Crippen MR) is 210 cm³/mol. The molecule has 8 rings (SSSR count). The average molecular weight is 818 g/mol. The minimum atomic E-state index is -0.490. The van der Waals surface area contributed by atoms with Crippen molar-refractivity contribution in [3.05, 3.63) is 151 Å². The van der Waals surface area contributed by atoms with E-state index in [-0.39, 0.29) is 61.2 Å². The molecule has 0 unspecified atom stereocenters. The summed E-state index contributed by atoms with van der Waals surface area (Å²) in [6.07, 6.45) is 2.83. The van der Waals surface area contributed by atoms with Crippen LogP contribution in [0.3, 0.4) is 0 Å². The van der Waals surface area contributed by atoms with Gasteiger partial charge in [0.15, 0.2) is 0 Å². The molecule has 15 heteroatoms. The first kappa shape index (κ1) is 41.7. The van der Waals surface area contributed by atoms with Crippen LogP contribution < -0.4 is 21.5 Å². The van der Waals surface area contributed by atoms with Crippen molar-refractivity contribution in [2.45, 2.75) is 13.8 Å². The van der Waals surface area contributed by atoms with Crippen LogP contribution in [0.5, 0.6) is 11.5 Å². The van der Waals surface area contributed by atoms with Gasteiger partial charge in [0.25, 0.3) is 0 Å². The Kier molecular flexibility index (Phi) is 13.9. The van der Waals surface area contributed by atoms with E-state index in [9.17, 15) is 19.8 Å². The van der Waals surface area contributed by atoms with Crippen LogP contribution in [0.15, 0.2) is 136 Å². The van der Waals surface area contributed by atoms with Gasteiger partial charge in [0, 0.05) is 68.3 Å². The van der Waals surface area contributed by atoms with E-state index in [1.807, 2.05) is 71.4 Å². The second kappa shape index (κ2) is 18.3. The van der Waals surface area contributed by atoms with E-state index in [0.717, 1.165) is 44.4 Å². The Morgan fingerprint density at radius 2 is 0.982 bits per heavy atom. The fourth-order valence-corrected chi connectivity index (χ4v) is 6.73. The minimum absolute atomic E-state index is 0. The van der Waals surface area contributed by atoms with Gasteiger partial charge in [-0.25, -0.2) is 29.5 Å². The Bertz CT molecular complexity index is 2560. The summed E-state index contributed by atoms with van der Waals surface area (Å²) in [5, 5.41) is 30.8. The molecule has 4 aromatic carbocycles. The Morgan fingerprint density at radius 3 is 1.36 bits per heavy atom. The zero-order valence-corrected chi connectivity index (χ0v) is 31.5. The van der Waals surface area contributed by atoms with Gasteiger partial charge in [-0.3, -0.25) is 0 Å². The molecule has 0 aliphatic rings. The quantitative estimate of drug-likeness (QED) is 0.103. The van der Waals surface area contributed by atoms with E-state index in [1.165, 1.54) is 59.4 Å². The molecule has 55 heavy (non-hydrogen) atoms. The zero-order chi connectivity index (χ0) is 36.2. The van der Waals surface area contributed by atoms with Gasteiger partial charge in [-0.1, -0.05) is 96.4 Å². The molecule has 8 aromatic rings. The fourth-order valence-electron chi connectivity index (χ4n) is 5.39. The molecule has 0 bridgehead atoms. The number of aromatic nitrogens is 2. The van der Waals surface area contributed by atoms with Gasteiger partial charge in [-0.15, -0.1) is 22.7 Å². The van der Waals surface area contributed by atoms with Crippen molar-refractivity contribution in [3.63, 3.8) is 0 Å². The maximum atomic E-state index is 12.2. The number of fused-ring (bicyclic) bond motifs is 2. The summed E-state index contributed by atoms with van der Waals surface area (Å²) in [4.78, 5) is 40.9. The SMILES string of the molecule is Cc1cc(=O)oc2c(/C=N\c3nc(-c4ccccc4)cs3)c([O-])ccc12.Cc1cc(=O)oc2c(/C=N\c3nc(-c4ccccc4)cs3)c([O-])ccc12.O.O.[Ni+2]. The van der Waals surface area contributed by atoms with Crippen molar-refractivity contribution in [2.24, 2.45) is 9.98 Å². The molecule has 4 aromatic heterocycles. The molecule has 0 spiro atoms.